The van der Waals surface area contributed by atoms with E-state index in [1.807, 2.05) is 25.3 Å². The lowest BCUT2D eigenvalue weighted by molar-refractivity contribution is -0.116. The maximum Gasteiger partial charge on any atom is 0.244 e. The van der Waals surface area contributed by atoms with Crippen LogP contribution in [-0.4, -0.2) is 37.7 Å². The fourth-order valence-electron chi connectivity index (χ4n) is 3.51. The molecule has 1 fully saturated rings. The second-order valence-electron chi connectivity index (χ2n) is 7.71. The number of halogens is 1. The van der Waals surface area contributed by atoms with Gasteiger partial charge in [0.2, 0.25) is 5.91 Å². The van der Waals surface area contributed by atoms with Gasteiger partial charge in [0.15, 0.2) is 11.5 Å². The van der Waals surface area contributed by atoms with Crippen LogP contribution in [0, 0.1) is 5.92 Å². The number of nitrogens with zero attached hydrogens (tertiary/aromatic N) is 2. The molecule has 1 saturated heterocycles. The number of piperidine rings is 1. The number of benzene rings is 1. The predicted molar refractivity (Wildman–Crippen MR) is 125 cm³/mol. The minimum absolute atomic E-state index is 0.195. The molecule has 0 radical (unpaired) electrons. The first-order valence-corrected chi connectivity index (χ1v) is 11.0. The topological polar surface area (TPSA) is 63.7 Å². The zero-order valence-electron chi connectivity index (χ0n) is 18.4. The summed E-state index contributed by atoms with van der Waals surface area (Å²) < 4.78 is 10.8. The molecule has 0 aliphatic carbocycles. The molecule has 1 aromatic carbocycles. The maximum atomic E-state index is 12.2. The quantitative estimate of drug-likeness (QED) is 0.598. The van der Waals surface area contributed by atoms with Crippen molar-refractivity contribution in [1.82, 2.24) is 10.3 Å². The molecule has 1 aromatic heterocycles. The van der Waals surface area contributed by atoms with E-state index in [4.69, 9.17) is 21.1 Å². The van der Waals surface area contributed by atoms with E-state index in [-0.39, 0.29) is 5.91 Å². The highest BCUT2D eigenvalue weighted by atomic mass is 35.5. The number of nitrogens with one attached hydrogen (secondary N) is 1. The monoisotopic (exact) mass is 443 g/mol. The van der Waals surface area contributed by atoms with Gasteiger partial charge in [0.25, 0.3) is 0 Å². The average molecular weight is 444 g/mol. The molecule has 31 heavy (non-hydrogen) atoms. The van der Waals surface area contributed by atoms with Crippen molar-refractivity contribution < 1.29 is 14.3 Å². The van der Waals surface area contributed by atoms with Crippen LogP contribution in [-0.2, 0) is 11.3 Å². The molecule has 1 amide bonds. The number of hydrogen-bond donors (Lipinski definition) is 1. The highest BCUT2D eigenvalue weighted by Crippen LogP contribution is 2.36. The van der Waals surface area contributed by atoms with Crippen molar-refractivity contribution in [2.45, 2.75) is 33.2 Å². The molecule has 0 bridgehead atoms. The molecule has 1 aliphatic rings. The normalized spacial score (nSPS) is 14.6. The highest BCUT2D eigenvalue weighted by Gasteiger charge is 2.16. The van der Waals surface area contributed by atoms with Crippen molar-refractivity contribution in [1.29, 1.82) is 0 Å². The average Bonchev–Trinajstić information content (AvgIpc) is 2.77. The minimum Gasteiger partial charge on any atom is -0.491 e. The summed E-state index contributed by atoms with van der Waals surface area (Å²) in [4.78, 5) is 19.1. The van der Waals surface area contributed by atoms with Gasteiger partial charge in [0.1, 0.15) is 5.82 Å². The van der Waals surface area contributed by atoms with Crippen LogP contribution < -0.4 is 19.7 Å². The van der Waals surface area contributed by atoms with Gasteiger partial charge < -0.3 is 19.7 Å². The van der Waals surface area contributed by atoms with Gasteiger partial charge >= 0.3 is 0 Å². The summed E-state index contributed by atoms with van der Waals surface area (Å²) in [5.41, 5.74) is 1.72. The summed E-state index contributed by atoms with van der Waals surface area (Å²) in [7, 11) is 1.54. The van der Waals surface area contributed by atoms with Gasteiger partial charge in [0, 0.05) is 31.9 Å². The molecule has 166 valence electrons. The smallest absolute Gasteiger partial charge is 0.244 e. The number of ether oxygens (including phenoxy) is 2. The molecular formula is C24H30ClN3O3. The number of pyridine rings is 1. The van der Waals surface area contributed by atoms with Crippen LogP contribution in [0.15, 0.2) is 36.5 Å². The van der Waals surface area contributed by atoms with Crippen molar-refractivity contribution in [2.75, 3.05) is 31.7 Å². The summed E-state index contributed by atoms with van der Waals surface area (Å²) in [6.07, 6.45) is 7.41. The SMILES string of the molecule is CCOc1cc(/C=C/C(=O)NCc2ccc(N3CCC(C)CC3)nc2)cc(Cl)c1OC. The molecule has 0 unspecified atom stereocenters. The molecular weight excluding hydrogens is 414 g/mol. The second kappa shape index (κ2) is 11.0. The van der Waals surface area contributed by atoms with Crippen molar-refractivity contribution >= 4 is 29.4 Å². The van der Waals surface area contributed by atoms with Gasteiger partial charge in [-0.25, -0.2) is 4.98 Å². The Morgan fingerprint density at radius 2 is 2.10 bits per heavy atom. The van der Waals surface area contributed by atoms with Crippen LogP contribution in [0.5, 0.6) is 11.5 Å². The van der Waals surface area contributed by atoms with Crippen LogP contribution >= 0.6 is 11.6 Å². The predicted octanol–water partition coefficient (Wildman–Crippen LogP) is 4.71. The van der Waals surface area contributed by atoms with Crippen molar-refractivity contribution in [3.05, 3.63) is 52.7 Å². The van der Waals surface area contributed by atoms with Gasteiger partial charge in [-0.2, -0.15) is 0 Å². The van der Waals surface area contributed by atoms with E-state index in [0.29, 0.717) is 29.7 Å². The maximum absolute atomic E-state index is 12.2. The summed E-state index contributed by atoms with van der Waals surface area (Å²) in [6.45, 7) is 7.19. The Morgan fingerprint density at radius 3 is 2.74 bits per heavy atom. The largest absolute Gasteiger partial charge is 0.491 e. The van der Waals surface area contributed by atoms with E-state index < -0.39 is 0 Å². The first-order valence-electron chi connectivity index (χ1n) is 10.7. The Morgan fingerprint density at radius 1 is 1.32 bits per heavy atom. The molecule has 0 atom stereocenters. The number of amides is 1. The number of carbonyl (C=O) groups is 1. The third-order valence-corrected chi connectivity index (χ3v) is 5.63. The lowest BCUT2D eigenvalue weighted by Gasteiger charge is -2.31. The van der Waals surface area contributed by atoms with Crippen molar-refractivity contribution in [2.24, 2.45) is 5.92 Å². The standard InChI is InChI=1S/C24H30ClN3O3/c1-4-31-21-14-18(13-20(25)24(21)30-3)6-8-23(29)27-16-19-5-7-22(26-15-19)28-11-9-17(2)10-12-28/h5-8,13-15,17H,4,9-12,16H2,1-3H3,(H,27,29)/b8-6+. The molecule has 3 rings (SSSR count). The van der Waals surface area contributed by atoms with Gasteiger partial charge in [-0.1, -0.05) is 24.6 Å². The van der Waals surface area contributed by atoms with Crippen LogP contribution in [0.25, 0.3) is 6.08 Å². The number of methoxy groups -OCH3 is 1. The lowest BCUT2D eigenvalue weighted by atomic mass is 9.99. The van der Waals surface area contributed by atoms with Crippen LogP contribution in [0.2, 0.25) is 5.02 Å². The minimum atomic E-state index is -0.195. The lowest BCUT2D eigenvalue weighted by Crippen LogP contribution is -2.33. The fraction of sp³-hybridized carbons (Fsp3) is 0.417. The van der Waals surface area contributed by atoms with E-state index in [1.165, 1.54) is 18.9 Å². The van der Waals surface area contributed by atoms with Crippen LogP contribution in [0.4, 0.5) is 5.82 Å². The van der Waals surface area contributed by atoms with Gasteiger partial charge in [-0.05, 0) is 61.1 Å². The Balaban J connectivity index is 1.54. The first-order chi connectivity index (χ1) is 15.0. The number of anilines is 1. The zero-order chi connectivity index (χ0) is 22.2. The highest BCUT2D eigenvalue weighted by molar-refractivity contribution is 6.32. The number of hydrogen-bond acceptors (Lipinski definition) is 5. The second-order valence-corrected chi connectivity index (χ2v) is 8.12. The van der Waals surface area contributed by atoms with E-state index in [1.54, 1.807) is 25.3 Å². The molecule has 7 heteroatoms. The Kier molecular flexibility index (Phi) is 8.18. The van der Waals surface area contributed by atoms with Crippen LogP contribution in [0.1, 0.15) is 37.8 Å². The van der Waals surface area contributed by atoms with Crippen molar-refractivity contribution in [3.8, 4) is 11.5 Å². The van der Waals surface area contributed by atoms with Gasteiger partial charge in [-0.3, -0.25) is 4.79 Å². The summed E-state index contributed by atoms with van der Waals surface area (Å²) in [5.74, 6) is 2.63. The molecule has 6 nitrogen and oxygen atoms in total. The molecule has 2 heterocycles. The number of aromatic nitrogens is 1. The third kappa shape index (κ3) is 6.37. The third-order valence-electron chi connectivity index (χ3n) is 5.35. The molecule has 1 aliphatic heterocycles. The summed E-state index contributed by atoms with van der Waals surface area (Å²) >= 11 is 6.25. The number of carbonyl (C=O) groups excluding carboxylic acids is 1. The van der Waals surface area contributed by atoms with E-state index in [9.17, 15) is 4.79 Å². The zero-order valence-corrected chi connectivity index (χ0v) is 19.1. The van der Waals surface area contributed by atoms with Gasteiger partial charge in [0.05, 0.1) is 18.7 Å². The molecule has 2 aromatic rings. The summed E-state index contributed by atoms with van der Waals surface area (Å²) in [6, 6.07) is 7.57. The van der Waals surface area contributed by atoms with Crippen LogP contribution in [0.3, 0.4) is 0 Å². The van der Waals surface area contributed by atoms with Gasteiger partial charge in [-0.15, -0.1) is 0 Å². The Bertz CT molecular complexity index is 907. The Hall–Kier alpha value is -2.73. The fourth-order valence-corrected chi connectivity index (χ4v) is 3.81. The van der Waals surface area contributed by atoms with Crippen molar-refractivity contribution in [3.63, 3.8) is 0 Å². The van der Waals surface area contributed by atoms with E-state index in [0.717, 1.165) is 36.0 Å². The Labute approximate surface area is 189 Å². The molecule has 0 saturated carbocycles. The molecule has 1 N–H and O–H groups in total. The number of rotatable bonds is 8. The summed E-state index contributed by atoms with van der Waals surface area (Å²) in [5, 5.41) is 3.32. The van der Waals surface area contributed by atoms with E-state index in [2.05, 4.69) is 22.1 Å². The first kappa shape index (κ1) is 22.9. The van der Waals surface area contributed by atoms with E-state index >= 15 is 0 Å². The molecule has 0 spiro atoms.